The van der Waals surface area contributed by atoms with Crippen LogP contribution in [-0.2, 0) is 9.51 Å². The fraction of sp³-hybridized carbons (Fsp3) is 0.444. The number of aromatic nitrogens is 4. The normalized spacial score (nSPS) is 16.6. The van der Waals surface area contributed by atoms with E-state index in [-0.39, 0.29) is 0 Å². The van der Waals surface area contributed by atoms with Gasteiger partial charge in [0, 0.05) is 22.1 Å². The molecule has 0 saturated heterocycles. The van der Waals surface area contributed by atoms with Crippen molar-refractivity contribution in [3.05, 3.63) is 71.3 Å². The summed E-state index contributed by atoms with van der Waals surface area (Å²) in [5, 5.41) is 11.7. The maximum absolute atomic E-state index is 4.63. The molecule has 41 heavy (non-hydrogen) atoms. The van der Waals surface area contributed by atoms with Crippen LogP contribution in [0.5, 0.6) is 0 Å². The second kappa shape index (κ2) is 9.09. The molecule has 0 amide bonds. The van der Waals surface area contributed by atoms with Crippen LogP contribution in [0.4, 0.5) is 0 Å². The summed E-state index contributed by atoms with van der Waals surface area (Å²) in [6, 6.07) is 16.4. The van der Waals surface area contributed by atoms with Crippen LogP contribution >= 0.6 is 0 Å². The first-order valence-electron chi connectivity index (χ1n) is 16.0. The Morgan fingerprint density at radius 2 is 0.634 bits per heavy atom. The first kappa shape index (κ1) is 31.1. The molecule has 5 heteroatoms. The Morgan fingerprint density at radius 3 is 0.805 bits per heavy atom. The van der Waals surface area contributed by atoms with Crippen LogP contribution < -0.4 is 0 Å². The standard InChI is InChI=1S/C20H14N4.8C2H5.V/c1-2-14-10-16-5-6-18(23-16)12-20-8-7-19(24-20)11-17-4-3-15(22-17)9-13(1)21-14;8*1-2;/h1-12,21,24H;8*1H2,2H3;. The third-order valence-electron chi connectivity index (χ3n) is 16.6. The maximum atomic E-state index is 4.63. The van der Waals surface area contributed by atoms with Crippen molar-refractivity contribution >= 4 is 46.4 Å². The predicted octanol–water partition coefficient (Wildman–Crippen LogP) is 12.4. The average Bonchev–Trinajstić information content (AvgIpc) is 3.85. The Hall–Kier alpha value is -2.82. The molecule has 5 heterocycles. The van der Waals surface area contributed by atoms with Crippen LogP contribution in [0.2, 0.25) is 41.1 Å². The van der Waals surface area contributed by atoms with Gasteiger partial charge in [-0.25, -0.2) is 9.97 Å². The molecule has 0 radical (unpaired) electrons. The molecule has 0 atom stereocenters. The molecule has 0 unspecified atom stereocenters. The fourth-order valence-corrected chi connectivity index (χ4v) is 28.8. The second-order valence-electron chi connectivity index (χ2n) is 14.7. The molecule has 223 valence electrons. The Balaban J connectivity index is 0.000000204. The molecule has 5 rings (SSSR count). The number of rotatable bonds is 8. The van der Waals surface area contributed by atoms with Gasteiger partial charge in [-0.3, -0.25) is 0 Å². The third kappa shape index (κ3) is 4.16. The van der Waals surface area contributed by atoms with Crippen molar-refractivity contribution in [2.75, 3.05) is 0 Å². The first-order valence-corrected chi connectivity index (χ1v) is 23.9. The van der Waals surface area contributed by atoms with Crippen molar-refractivity contribution < 1.29 is 9.51 Å². The van der Waals surface area contributed by atoms with Crippen LogP contribution in [0.25, 0.3) is 46.4 Å². The van der Waals surface area contributed by atoms with E-state index < -0.39 is 9.51 Å². The molecule has 0 spiro atoms. The van der Waals surface area contributed by atoms with Gasteiger partial charge in [0.25, 0.3) is 0 Å². The number of aromatic amines is 2. The van der Waals surface area contributed by atoms with Crippen molar-refractivity contribution in [1.82, 2.24) is 19.9 Å². The number of hydrogen-bond donors (Lipinski definition) is 2. The molecule has 8 bridgehead atoms. The van der Waals surface area contributed by atoms with Crippen molar-refractivity contribution in [3.63, 3.8) is 0 Å². The zero-order chi connectivity index (χ0) is 29.9. The molecule has 3 aromatic heterocycles. The van der Waals surface area contributed by atoms with Gasteiger partial charge in [-0.2, -0.15) is 0 Å². The number of nitrogens with one attached hydrogen (secondary N) is 2. The van der Waals surface area contributed by atoms with Crippen molar-refractivity contribution in [3.8, 4) is 0 Å². The van der Waals surface area contributed by atoms with E-state index in [1.54, 1.807) is 0 Å². The van der Waals surface area contributed by atoms with Gasteiger partial charge in [-0.15, -0.1) is 0 Å². The van der Waals surface area contributed by atoms with E-state index in [1.165, 1.54) is 41.1 Å². The topological polar surface area (TPSA) is 57.4 Å². The molecule has 2 aliphatic rings. The van der Waals surface area contributed by atoms with Crippen molar-refractivity contribution in [2.24, 2.45) is 0 Å². The number of H-pyrrole nitrogens is 2. The van der Waals surface area contributed by atoms with Crippen LogP contribution in [0.3, 0.4) is 0 Å². The summed E-state index contributed by atoms with van der Waals surface area (Å²) in [6.07, 6.45) is 8.09. The third-order valence-corrected chi connectivity index (χ3v) is 55.7. The number of hydrogen-bond acceptors (Lipinski definition) is 2. The quantitative estimate of drug-likeness (QED) is 0.188. The van der Waals surface area contributed by atoms with E-state index in [0.29, 0.717) is 0 Å². The molecule has 0 saturated carbocycles. The summed E-state index contributed by atoms with van der Waals surface area (Å²) in [5.41, 5.74) is 7.86. The van der Waals surface area contributed by atoms with Gasteiger partial charge in [-0.1, -0.05) is 0 Å². The van der Waals surface area contributed by atoms with Crippen molar-refractivity contribution in [2.45, 2.75) is 96.5 Å². The zero-order valence-corrected chi connectivity index (χ0v) is 28.3. The number of fused-ring (bicyclic) bond motifs is 8. The van der Waals surface area contributed by atoms with E-state index in [1.807, 2.05) is 48.6 Å². The summed E-state index contributed by atoms with van der Waals surface area (Å²) in [5.74, 6) is 0. The van der Waals surface area contributed by atoms with Crippen LogP contribution in [0.1, 0.15) is 78.2 Å². The van der Waals surface area contributed by atoms with Gasteiger partial charge in [-0.05, 0) is 72.8 Å². The van der Waals surface area contributed by atoms with Gasteiger partial charge in [0.2, 0.25) is 0 Å². The summed E-state index contributed by atoms with van der Waals surface area (Å²) in [6.45, 7) is 20.3. The van der Waals surface area contributed by atoms with Crippen molar-refractivity contribution in [1.29, 1.82) is 0 Å². The van der Waals surface area contributed by atoms with Gasteiger partial charge >= 0.3 is 106 Å². The second-order valence-corrected chi connectivity index (χ2v) is 42.2. The zero-order valence-electron chi connectivity index (χ0n) is 26.9. The Labute approximate surface area is 242 Å². The van der Waals surface area contributed by atoms with Gasteiger partial charge in [0.15, 0.2) is 0 Å². The molecule has 4 nitrogen and oxygen atoms in total. The van der Waals surface area contributed by atoms with Gasteiger partial charge < -0.3 is 9.97 Å². The Morgan fingerprint density at radius 1 is 0.415 bits per heavy atom. The Bertz CT molecular complexity index is 1430. The SMILES string of the molecule is C1=Cc2cc3ccc(cc4nc(cc5ccc(cc1n2)[nH]5)C=C4)[nH]3.C[CH2][V]([CH2]C)([CH2]C)([CH2]C)([CH2]C)([CH2]C)([CH2]C)[CH2]C. The summed E-state index contributed by atoms with van der Waals surface area (Å²) < 4.78 is 0. The van der Waals surface area contributed by atoms with Crippen LogP contribution in [0.15, 0.2) is 48.5 Å². The summed E-state index contributed by atoms with van der Waals surface area (Å²) in [7, 11) is -3.68. The van der Waals surface area contributed by atoms with Gasteiger partial charge in [0.1, 0.15) is 0 Å². The molecule has 2 N–H and O–H groups in total. The van der Waals surface area contributed by atoms with E-state index in [4.69, 9.17) is 0 Å². The monoisotopic (exact) mass is 593 g/mol. The molecular formula is C36H54N4V. The summed E-state index contributed by atoms with van der Waals surface area (Å²) >= 11 is 0. The number of nitrogens with zero attached hydrogens (tertiary/aromatic N) is 2. The van der Waals surface area contributed by atoms with Gasteiger partial charge in [0.05, 0.1) is 22.8 Å². The average molecular weight is 594 g/mol. The predicted molar refractivity (Wildman–Crippen MR) is 183 cm³/mol. The molecule has 0 fully saturated rings. The molecule has 2 aliphatic heterocycles. The minimum absolute atomic E-state index is 0.939. The fourth-order valence-electron chi connectivity index (χ4n) is 9.20. The van der Waals surface area contributed by atoms with E-state index in [2.05, 4.69) is 99.6 Å². The first-order chi connectivity index (χ1) is 19.5. The van der Waals surface area contributed by atoms with E-state index in [0.717, 1.165) is 44.8 Å². The minimum atomic E-state index is -3.68. The molecule has 0 aromatic carbocycles. The molecule has 0 aliphatic carbocycles. The van der Waals surface area contributed by atoms with E-state index in [9.17, 15) is 0 Å². The van der Waals surface area contributed by atoms with Crippen LogP contribution in [-0.4, -0.2) is 19.9 Å². The summed E-state index contributed by atoms with van der Waals surface area (Å²) in [4.78, 5) is 16.0. The Kier molecular flexibility index (Phi) is 6.90. The molecular weight excluding hydrogens is 539 g/mol. The molecule has 3 aromatic rings. The van der Waals surface area contributed by atoms with Crippen LogP contribution in [0, 0.1) is 0 Å². The van der Waals surface area contributed by atoms with E-state index >= 15 is 0 Å².